The van der Waals surface area contributed by atoms with Gasteiger partial charge in [-0.3, -0.25) is 19.3 Å². The Kier molecular flexibility index (Phi) is 6.66. The van der Waals surface area contributed by atoms with Crippen molar-refractivity contribution in [1.82, 2.24) is 4.90 Å². The molecule has 1 aliphatic heterocycles. The van der Waals surface area contributed by atoms with Crippen LogP contribution >= 0.6 is 15.9 Å². The maximum Gasteiger partial charge on any atom is 0.241 e. The van der Waals surface area contributed by atoms with Gasteiger partial charge in [0.25, 0.3) is 0 Å². The van der Waals surface area contributed by atoms with Crippen LogP contribution in [-0.4, -0.2) is 48.8 Å². The van der Waals surface area contributed by atoms with Crippen molar-refractivity contribution in [2.45, 2.75) is 19.4 Å². The van der Waals surface area contributed by atoms with Gasteiger partial charge >= 0.3 is 0 Å². The molecule has 8 heteroatoms. The fourth-order valence-electron chi connectivity index (χ4n) is 3.31. The summed E-state index contributed by atoms with van der Waals surface area (Å²) in [6, 6.07) is 14.2. The maximum atomic E-state index is 13.0. The zero-order valence-corrected chi connectivity index (χ0v) is 17.9. The second-order valence-corrected chi connectivity index (χ2v) is 8.03. The molecule has 0 saturated heterocycles. The van der Waals surface area contributed by atoms with E-state index in [1.54, 1.807) is 35.0 Å². The van der Waals surface area contributed by atoms with Gasteiger partial charge in [-0.05, 0) is 50.4 Å². The van der Waals surface area contributed by atoms with E-state index in [1.165, 1.54) is 0 Å². The summed E-state index contributed by atoms with van der Waals surface area (Å²) in [4.78, 5) is 40.7. The molecule has 0 bridgehead atoms. The van der Waals surface area contributed by atoms with Crippen LogP contribution in [0.3, 0.4) is 0 Å². The van der Waals surface area contributed by atoms with Gasteiger partial charge in [-0.25, -0.2) is 0 Å². The van der Waals surface area contributed by atoms with E-state index in [9.17, 15) is 14.4 Å². The molecule has 0 saturated carbocycles. The maximum absolute atomic E-state index is 13.0. The number of carbonyl (C=O) groups is 3. The fourth-order valence-corrected chi connectivity index (χ4v) is 3.57. The van der Waals surface area contributed by atoms with Crippen molar-refractivity contribution in [3.63, 3.8) is 0 Å². The Labute approximate surface area is 178 Å². The standard InChI is InChI=1S/C21H23BrN4O3/c1-14-11-19(27)24-17-5-3-4-6-18(17)26(14)21(29)13-25(2)12-20(28)23-16-9-7-15(22)8-10-16/h3-10,14H,11-13H2,1-2H3,(H,23,28)(H,24,27)/t14-/m1/s1. The number of amides is 3. The van der Waals surface area contributed by atoms with E-state index in [-0.39, 0.29) is 43.3 Å². The first-order valence-electron chi connectivity index (χ1n) is 9.28. The van der Waals surface area contributed by atoms with Crippen LogP contribution in [0, 0.1) is 0 Å². The van der Waals surface area contributed by atoms with E-state index in [0.29, 0.717) is 17.1 Å². The van der Waals surface area contributed by atoms with Crippen LogP contribution in [0.25, 0.3) is 0 Å². The lowest BCUT2D eigenvalue weighted by atomic mass is 10.1. The highest BCUT2D eigenvalue weighted by molar-refractivity contribution is 9.10. The minimum atomic E-state index is -0.281. The second kappa shape index (κ2) is 9.19. The Morgan fingerprint density at radius 3 is 2.59 bits per heavy atom. The molecule has 3 amide bonds. The molecule has 2 aromatic rings. The number of anilines is 3. The molecule has 29 heavy (non-hydrogen) atoms. The zero-order valence-electron chi connectivity index (χ0n) is 16.3. The lowest BCUT2D eigenvalue weighted by Crippen LogP contribution is -2.45. The number of nitrogens with zero attached hydrogens (tertiary/aromatic N) is 2. The van der Waals surface area contributed by atoms with Gasteiger partial charge in [0.2, 0.25) is 17.7 Å². The zero-order chi connectivity index (χ0) is 21.0. The molecular weight excluding hydrogens is 436 g/mol. The molecule has 0 radical (unpaired) electrons. The van der Waals surface area contributed by atoms with E-state index in [1.807, 2.05) is 37.3 Å². The van der Waals surface area contributed by atoms with Crippen molar-refractivity contribution in [3.05, 3.63) is 53.0 Å². The van der Waals surface area contributed by atoms with Gasteiger partial charge in [0.15, 0.2) is 0 Å². The van der Waals surface area contributed by atoms with Crippen LogP contribution in [0.2, 0.25) is 0 Å². The van der Waals surface area contributed by atoms with Gasteiger partial charge in [0.1, 0.15) is 0 Å². The first-order valence-corrected chi connectivity index (χ1v) is 10.1. The van der Waals surface area contributed by atoms with Gasteiger partial charge in [0.05, 0.1) is 24.5 Å². The van der Waals surface area contributed by atoms with Crippen LogP contribution in [0.5, 0.6) is 0 Å². The number of halogens is 1. The summed E-state index contributed by atoms with van der Waals surface area (Å²) in [7, 11) is 1.72. The van der Waals surface area contributed by atoms with Crippen molar-refractivity contribution in [2.24, 2.45) is 0 Å². The molecule has 0 unspecified atom stereocenters. The first kappa shape index (κ1) is 21.0. The third-order valence-corrected chi connectivity index (χ3v) is 5.10. The molecule has 152 valence electrons. The quantitative estimate of drug-likeness (QED) is 0.720. The van der Waals surface area contributed by atoms with Crippen molar-refractivity contribution in [2.75, 3.05) is 35.7 Å². The number of rotatable bonds is 5. The van der Waals surface area contributed by atoms with E-state index in [2.05, 4.69) is 26.6 Å². The molecule has 2 N–H and O–H groups in total. The molecule has 0 spiro atoms. The van der Waals surface area contributed by atoms with Crippen molar-refractivity contribution in [1.29, 1.82) is 0 Å². The second-order valence-electron chi connectivity index (χ2n) is 7.11. The number of hydrogen-bond donors (Lipinski definition) is 2. The summed E-state index contributed by atoms with van der Waals surface area (Å²) in [6.45, 7) is 1.98. The smallest absolute Gasteiger partial charge is 0.241 e. The lowest BCUT2D eigenvalue weighted by Gasteiger charge is -2.29. The van der Waals surface area contributed by atoms with Gasteiger partial charge in [-0.1, -0.05) is 28.1 Å². The summed E-state index contributed by atoms with van der Waals surface area (Å²) >= 11 is 3.35. The van der Waals surface area contributed by atoms with E-state index in [0.717, 1.165) is 4.47 Å². The predicted molar refractivity (Wildman–Crippen MR) is 117 cm³/mol. The summed E-state index contributed by atoms with van der Waals surface area (Å²) < 4.78 is 0.929. The number of carbonyl (C=O) groups excluding carboxylic acids is 3. The van der Waals surface area contributed by atoms with Gasteiger partial charge in [-0.2, -0.15) is 0 Å². The fraction of sp³-hybridized carbons (Fsp3) is 0.286. The van der Waals surface area contributed by atoms with Crippen molar-refractivity contribution in [3.8, 4) is 0 Å². The van der Waals surface area contributed by atoms with Crippen molar-refractivity contribution < 1.29 is 14.4 Å². The molecule has 0 fully saturated rings. The van der Waals surface area contributed by atoms with E-state index >= 15 is 0 Å². The SMILES string of the molecule is C[C@@H]1CC(=O)Nc2ccccc2N1C(=O)CN(C)CC(=O)Nc1ccc(Br)cc1. The molecule has 3 rings (SSSR count). The largest absolute Gasteiger partial charge is 0.325 e. The Morgan fingerprint density at radius 1 is 1.17 bits per heavy atom. The Balaban J connectivity index is 1.64. The molecule has 1 heterocycles. The normalized spacial score (nSPS) is 16.1. The number of benzene rings is 2. The van der Waals surface area contributed by atoms with Crippen LogP contribution in [0.15, 0.2) is 53.0 Å². The van der Waals surface area contributed by atoms with Crippen LogP contribution in [0.4, 0.5) is 17.1 Å². The number of nitrogens with one attached hydrogen (secondary N) is 2. The highest BCUT2D eigenvalue weighted by atomic mass is 79.9. The molecular formula is C21H23BrN4O3. The van der Waals surface area contributed by atoms with Crippen LogP contribution in [-0.2, 0) is 14.4 Å². The third kappa shape index (κ3) is 5.42. The minimum absolute atomic E-state index is 0.0562. The van der Waals surface area contributed by atoms with Crippen molar-refractivity contribution >= 4 is 50.7 Å². The van der Waals surface area contributed by atoms with E-state index < -0.39 is 0 Å². The molecule has 1 aliphatic rings. The Morgan fingerprint density at radius 2 is 1.86 bits per heavy atom. The predicted octanol–water partition coefficient (Wildman–Crippen LogP) is 3.08. The average molecular weight is 459 g/mol. The Hall–Kier alpha value is -2.71. The number of hydrogen-bond acceptors (Lipinski definition) is 4. The minimum Gasteiger partial charge on any atom is -0.325 e. The third-order valence-electron chi connectivity index (χ3n) is 4.57. The number of fused-ring (bicyclic) bond motifs is 1. The monoisotopic (exact) mass is 458 g/mol. The highest BCUT2D eigenvalue weighted by Gasteiger charge is 2.30. The molecule has 2 aromatic carbocycles. The summed E-state index contributed by atoms with van der Waals surface area (Å²) in [5.74, 6) is -0.494. The van der Waals surface area contributed by atoms with Crippen LogP contribution < -0.4 is 15.5 Å². The highest BCUT2D eigenvalue weighted by Crippen LogP contribution is 2.31. The van der Waals surface area contributed by atoms with Crippen LogP contribution in [0.1, 0.15) is 13.3 Å². The summed E-state index contributed by atoms with van der Waals surface area (Å²) in [5.41, 5.74) is 1.98. The topological polar surface area (TPSA) is 81.8 Å². The molecule has 7 nitrogen and oxygen atoms in total. The molecule has 0 aliphatic carbocycles. The summed E-state index contributed by atoms with van der Waals surface area (Å²) in [5, 5.41) is 5.65. The molecule has 1 atom stereocenters. The van der Waals surface area contributed by atoms with Gasteiger partial charge in [0, 0.05) is 22.6 Å². The lowest BCUT2D eigenvalue weighted by molar-refractivity contribution is -0.121. The average Bonchev–Trinajstić information content (AvgIpc) is 2.77. The number of para-hydroxylation sites is 2. The first-order chi connectivity index (χ1) is 13.8. The summed E-state index contributed by atoms with van der Waals surface area (Å²) in [6.07, 6.45) is 0.216. The Bertz CT molecular complexity index is 916. The van der Waals surface area contributed by atoms with Gasteiger partial charge < -0.3 is 15.5 Å². The number of likely N-dealkylation sites (N-methyl/N-ethyl adjacent to an activating group) is 1. The van der Waals surface area contributed by atoms with Gasteiger partial charge in [-0.15, -0.1) is 0 Å². The molecule has 0 aromatic heterocycles. The van der Waals surface area contributed by atoms with E-state index in [4.69, 9.17) is 0 Å².